The Kier molecular flexibility index (Phi) is 8.87. The molecule has 3 rings (SSSR count). The SMILES string of the molecule is CCNC(=NCc1ccc(N2CCC(CO)CC2)cc1)NCCC1=CCCCC1. The van der Waals surface area contributed by atoms with Gasteiger partial charge in [-0.05, 0) is 75.5 Å². The molecule has 0 saturated carbocycles. The number of anilines is 1. The number of guanidine groups is 1. The molecular weight excluding hydrogens is 360 g/mol. The fourth-order valence-electron chi connectivity index (χ4n) is 4.17. The molecule has 0 amide bonds. The van der Waals surface area contributed by atoms with E-state index in [-0.39, 0.29) is 0 Å². The molecule has 1 aliphatic carbocycles. The standard InChI is InChI=1S/C24H38N4O/c1-2-25-24(26-15-12-20-6-4-3-5-7-20)27-18-21-8-10-23(11-9-21)28-16-13-22(19-29)14-17-28/h6,8-11,22,29H,2-5,7,12-19H2,1H3,(H2,25,26,27). The monoisotopic (exact) mass is 398 g/mol. The van der Waals surface area contributed by atoms with Crippen molar-refractivity contribution in [2.75, 3.05) is 37.7 Å². The third-order valence-electron chi connectivity index (χ3n) is 6.06. The van der Waals surface area contributed by atoms with E-state index in [4.69, 9.17) is 4.99 Å². The quantitative estimate of drug-likeness (QED) is 0.354. The predicted octanol–water partition coefficient (Wildman–Crippen LogP) is 3.84. The zero-order valence-corrected chi connectivity index (χ0v) is 18.0. The summed E-state index contributed by atoms with van der Waals surface area (Å²) in [7, 11) is 0. The van der Waals surface area contributed by atoms with Gasteiger partial charge < -0.3 is 20.6 Å². The summed E-state index contributed by atoms with van der Waals surface area (Å²) in [6.45, 7) is 7.00. The number of nitrogens with zero attached hydrogens (tertiary/aromatic N) is 2. The molecule has 1 heterocycles. The largest absolute Gasteiger partial charge is 0.396 e. The number of aliphatic imine (C=N–C) groups is 1. The summed E-state index contributed by atoms with van der Waals surface area (Å²) in [5, 5.41) is 16.1. The number of benzene rings is 1. The smallest absolute Gasteiger partial charge is 0.191 e. The number of piperidine rings is 1. The molecule has 5 heteroatoms. The second kappa shape index (κ2) is 11.9. The number of aliphatic hydroxyl groups excluding tert-OH is 1. The third-order valence-corrected chi connectivity index (χ3v) is 6.06. The van der Waals surface area contributed by atoms with Crippen molar-refractivity contribution in [3.8, 4) is 0 Å². The van der Waals surface area contributed by atoms with Gasteiger partial charge in [0.1, 0.15) is 0 Å². The van der Waals surface area contributed by atoms with Crippen LogP contribution in [0.15, 0.2) is 40.9 Å². The lowest BCUT2D eigenvalue weighted by molar-refractivity contribution is 0.203. The molecule has 1 aromatic rings. The molecule has 2 aliphatic rings. The predicted molar refractivity (Wildman–Crippen MR) is 122 cm³/mol. The number of aliphatic hydroxyl groups is 1. The number of hydrogen-bond acceptors (Lipinski definition) is 3. The lowest BCUT2D eigenvalue weighted by atomic mass is 9.97. The van der Waals surface area contributed by atoms with Crippen molar-refractivity contribution < 1.29 is 5.11 Å². The summed E-state index contributed by atoms with van der Waals surface area (Å²) in [6, 6.07) is 8.79. The number of rotatable bonds is 8. The molecule has 0 aromatic heterocycles. The van der Waals surface area contributed by atoms with E-state index in [2.05, 4.69) is 52.8 Å². The highest BCUT2D eigenvalue weighted by Gasteiger charge is 2.18. The van der Waals surface area contributed by atoms with Gasteiger partial charge in [0, 0.05) is 38.5 Å². The summed E-state index contributed by atoms with van der Waals surface area (Å²) >= 11 is 0. The Hall–Kier alpha value is -2.01. The second-order valence-corrected chi connectivity index (χ2v) is 8.26. The Morgan fingerprint density at radius 3 is 2.59 bits per heavy atom. The molecule has 3 N–H and O–H groups in total. The van der Waals surface area contributed by atoms with Crippen LogP contribution in [-0.4, -0.2) is 43.9 Å². The molecule has 0 unspecified atom stereocenters. The van der Waals surface area contributed by atoms with E-state index in [9.17, 15) is 5.11 Å². The average Bonchev–Trinajstić information content (AvgIpc) is 2.78. The van der Waals surface area contributed by atoms with Crippen molar-refractivity contribution in [3.63, 3.8) is 0 Å². The maximum absolute atomic E-state index is 9.30. The van der Waals surface area contributed by atoms with Gasteiger partial charge in [-0.1, -0.05) is 23.8 Å². The Bertz CT molecular complexity index is 660. The summed E-state index contributed by atoms with van der Waals surface area (Å²) in [5.41, 5.74) is 4.10. The lowest BCUT2D eigenvalue weighted by Gasteiger charge is -2.32. The van der Waals surface area contributed by atoms with Gasteiger partial charge in [0.2, 0.25) is 0 Å². The minimum atomic E-state index is 0.324. The second-order valence-electron chi connectivity index (χ2n) is 8.26. The molecule has 0 spiro atoms. The fraction of sp³-hybridized carbons (Fsp3) is 0.625. The number of allylic oxidation sites excluding steroid dienone is 1. The molecule has 0 bridgehead atoms. The minimum Gasteiger partial charge on any atom is -0.396 e. The van der Waals surface area contributed by atoms with E-state index in [0.29, 0.717) is 19.1 Å². The summed E-state index contributed by atoms with van der Waals surface area (Å²) in [5.74, 6) is 1.38. The molecule has 0 radical (unpaired) electrons. The molecular formula is C24H38N4O. The first-order valence-electron chi connectivity index (χ1n) is 11.4. The summed E-state index contributed by atoms with van der Waals surface area (Å²) < 4.78 is 0. The van der Waals surface area contributed by atoms with Crippen LogP contribution >= 0.6 is 0 Å². The van der Waals surface area contributed by atoms with Crippen LogP contribution in [0.3, 0.4) is 0 Å². The van der Waals surface area contributed by atoms with E-state index in [0.717, 1.165) is 51.4 Å². The van der Waals surface area contributed by atoms with Crippen LogP contribution < -0.4 is 15.5 Å². The van der Waals surface area contributed by atoms with Crippen molar-refractivity contribution in [3.05, 3.63) is 41.5 Å². The highest BCUT2D eigenvalue weighted by atomic mass is 16.3. The Morgan fingerprint density at radius 2 is 1.93 bits per heavy atom. The molecule has 0 atom stereocenters. The highest BCUT2D eigenvalue weighted by molar-refractivity contribution is 5.79. The van der Waals surface area contributed by atoms with Gasteiger partial charge in [0.25, 0.3) is 0 Å². The number of nitrogens with one attached hydrogen (secondary N) is 2. The normalized spacial score (nSPS) is 18.5. The van der Waals surface area contributed by atoms with Crippen LogP contribution in [0.2, 0.25) is 0 Å². The van der Waals surface area contributed by atoms with Gasteiger partial charge in [-0.25, -0.2) is 4.99 Å². The third kappa shape index (κ3) is 7.07. The van der Waals surface area contributed by atoms with Gasteiger partial charge in [-0.3, -0.25) is 0 Å². The zero-order valence-electron chi connectivity index (χ0n) is 18.0. The molecule has 160 valence electrons. The fourth-order valence-corrected chi connectivity index (χ4v) is 4.17. The van der Waals surface area contributed by atoms with Crippen LogP contribution in [0.4, 0.5) is 5.69 Å². The molecule has 1 aromatic carbocycles. The average molecular weight is 399 g/mol. The molecule has 1 aliphatic heterocycles. The van der Waals surface area contributed by atoms with Crippen molar-refractivity contribution in [1.29, 1.82) is 0 Å². The first-order valence-corrected chi connectivity index (χ1v) is 11.4. The first-order chi connectivity index (χ1) is 14.3. The molecule has 1 saturated heterocycles. The van der Waals surface area contributed by atoms with E-state index in [1.807, 2.05) is 0 Å². The van der Waals surface area contributed by atoms with E-state index in [1.165, 1.54) is 36.9 Å². The topological polar surface area (TPSA) is 59.9 Å². The maximum atomic E-state index is 9.30. The first kappa shape index (κ1) is 21.7. The zero-order chi connectivity index (χ0) is 20.3. The Labute approximate surface area is 176 Å². The Balaban J connectivity index is 1.47. The van der Waals surface area contributed by atoms with E-state index >= 15 is 0 Å². The highest BCUT2D eigenvalue weighted by Crippen LogP contribution is 2.23. The van der Waals surface area contributed by atoms with Crippen molar-refractivity contribution >= 4 is 11.6 Å². The van der Waals surface area contributed by atoms with Gasteiger partial charge >= 0.3 is 0 Å². The van der Waals surface area contributed by atoms with Crippen LogP contribution in [0, 0.1) is 5.92 Å². The molecule has 1 fully saturated rings. The van der Waals surface area contributed by atoms with Crippen molar-refractivity contribution in [2.45, 2.75) is 58.4 Å². The van der Waals surface area contributed by atoms with E-state index < -0.39 is 0 Å². The Morgan fingerprint density at radius 1 is 1.14 bits per heavy atom. The van der Waals surface area contributed by atoms with Gasteiger partial charge in [-0.2, -0.15) is 0 Å². The lowest BCUT2D eigenvalue weighted by Crippen LogP contribution is -2.37. The summed E-state index contributed by atoms with van der Waals surface area (Å²) in [4.78, 5) is 7.18. The van der Waals surface area contributed by atoms with Crippen LogP contribution in [-0.2, 0) is 6.54 Å². The van der Waals surface area contributed by atoms with Crippen LogP contribution in [0.25, 0.3) is 0 Å². The van der Waals surface area contributed by atoms with Crippen molar-refractivity contribution in [2.24, 2.45) is 10.9 Å². The van der Waals surface area contributed by atoms with Crippen LogP contribution in [0.5, 0.6) is 0 Å². The van der Waals surface area contributed by atoms with Crippen molar-refractivity contribution in [1.82, 2.24) is 10.6 Å². The van der Waals surface area contributed by atoms with E-state index in [1.54, 1.807) is 5.57 Å². The molecule has 5 nitrogen and oxygen atoms in total. The van der Waals surface area contributed by atoms with Gasteiger partial charge in [0.15, 0.2) is 5.96 Å². The van der Waals surface area contributed by atoms with Gasteiger partial charge in [0.05, 0.1) is 6.54 Å². The minimum absolute atomic E-state index is 0.324. The summed E-state index contributed by atoms with van der Waals surface area (Å²) in [6.07, 6.45) is 10.9. The van der Waals surface area contributed by atoms with Crippen LogP contribution in [0.1, 0.15) is 57.4 Å². The van der Waals surface area contributed by atoms with Gasteiger partial charge in [-0.15, -0.1) is 0 Å². The molecule has 29 heavy (non-hydrogen) atoms. The number of hydrogen-bond donors (Lipinski definition) is 3. The maximum Gasteiger partial charge on any atom is 0.191 e.